The van der Waals surface area contributed by atoms with Crippen molar-refractivity contribution < 1.29 is 15.3 Å². The molecule has 0 aromatic carbocycles. The molecule has 4 heteroatoms. The summed E-state index contributed by atoms with van der Waals surface area (Å²) >= 11 is 0. The fourth-order valence-corrected chi connectivity index (χ4v) is 2.80. The fourth-order valence-electron chi connectivity index (χ4n) is 2.80. The van der Waals surface area contributed by atoms with Crippen LogP contribution in [0, 0.1) is 0 Å². The Bertz CT molecular complexity index is 219. The van der Waals surface area contributed by atoms with Gasteiger partial charge in [-0.05, 0) is 26.3 Å². The van der Waals surface area contributed by atoms with Crippen molar-refractivity contribution in [1.82, 2.24) is 4.90 Å². The summed E-state index contributed by atoms with van der Waals surface area (Å²) in [6.45, 7) is 3.04. The Labute approximate surface area is 84.2 Å². The molecule has 14 heavy (non-hydrogen) atoms. The zero-order valence-corrected chi connectivity index (χ0v) is 8.56. The standard InChI is InChI=1S/C10H19NO3/c1-10(14)8-4-2-3-5-11(8)6-7(12)9(10)13/h7-9,12-14H,2-6H2,1H3. The normalized spacial score (nSPS) is 50.1. The van der Waals surface area contributed by atoms with Gasteiger partial charge in [-0.25, -0.2) is 0 Å². The van der Waals surface area contributed by atoms with E-state index in [1.165, 1.54) is 0 Å². The predicted molar refractivity (Wildman–Crippen MR) is 51.8 cm³/mol. The van der Waals surface area contributed by atoms with E-state index >= 15 is 0 Å². The van der Waals surface area contributed by atoms with Gasteiger partial charge in [-0.2, -0.15) is 0 Å². The topological polar surface area (TPSA) is 63.9 Å². The van der Waals surface area contributed by atoms with Gasteiger partial charge in [0, 0.05) is 12.6 Å². The first-order valence-corrected chi connectivity index (χ1v) is 5.36. The highest BCUT2D eigenvalue weighted by molar-refractivity contribution is 5.04. The second-order valence-electron chi connectivity index (χ2n) is 4.74. The van der Waals surface area contributed by atoms with Gasteiger partial charge in [-0.15, -0.1) is 0 Å². The zero-order valence-electron chi connectivity index (χ0n) is 8.56. The molecule has 0 aromatic rings. The van der Waals surface area contributed by atoms with Gasteiger partial charge in [0.15, 0.2) is 0 Å². The van der Waals surface area contributed by atoms with Crippen molar-refractivity contribution in [1.29, 1.82) is 0 Å². The van der Waals surface area contributed by atoms with Crippen LogP contribution in [0.1, 0.15) is 26.2 Å². The Hall–Kier alpha value is -0.160. The number of aliphatic hydroxyl groups is 3. The fraction of sp³-hybridized carbons (Fsp3) is 1.00. The summed E-state index contributed by atoms with van der Waals surface area (Å²) in [7, 11) is 0. The van der Waals surface area contributed by atoms with Gasteiger partial charge in [-0.3, -0.25) is 4.90 Å². The van der Waals surface area contributed by atoms with E-state index in [-0.39, 0.29) is 6.04 Å². The average molecular weight is 201 g/mol. The van der Waals surface area contributed by atoms with Crippen molar-refractivity contribution >= 4 is 0 Å². The van der Waals surface area contributed by atoms with Crippen molar-refractivity contribution in [3.63, 3.8) is 0 Å². The summed E-state index contributed by atoms with van der Waals surface area (Å²) in [5, 5.41) is 29.5. The first-order valence-electron chi connectivity index (χ1n) is 5.36. The molecule has 2 aliphatic rings. The first-order chi connectivity index (χ1) is 6.53. The molecule has 0 spiro atoms. The van der Waals surface area contributed by atoms with Gasteiger partial charge in [0.1, 0.15) is 11.7 Å². The number of piperidine rings is 2. The summed E-state index contributed by atoms with van der Waals surface area (Å²) in [5.41, 5.74) is -1.17. The molecule has 0 amide bonds. The average Bonchev–Trinajstić information content (AvgIpc) is 2.15. The molecule has 0 radical (unpaired) electrons. The van der Waals surface area contributed by atoms with Crippen molar-refractivity contribution in [3.8, 4) is 0 Å². The lowest BCUT2D eigenvalue weighted by Gasteiger charge is -2.51. The van der Waals surface area contributed by atoms with Crippen LogP contribution in [0.4, 0.5) is 0 Å². The van der Waals surface area contributed by atoms with Crippen molar-refractivity contribution in [2.75, 3.05) is 13.1 Å². The predicted octanol–water partition coefficient (Wildman–Crippen LogP) is -0.673. The summed E-state index contributed by atoms with van der Waals surface area (Å²) in [6, 6.07) is 0.00894. The number of aliphatic hydroxyl groups excluding tert-OH is 2. The van der Waals surface area contributed by atoms with Crippen LogP contribution in [0.5, 0.6) is 0 Å². The van der Waals surface area contributed by atoms with Gasteiger partial charge in [0.05, 0.1) is 6.10 Å². The number of rotatable bonds is 0. The smallest absolute Gasteiger partial charge is 0.111 e. The molecule has 82 valence electrons. The van der Waals surface area contributed by atoms with Crippen LogP contribution in [0.3, 0.4) is 0 Å². The highest BCUT2D eigenvalue weighted by Gasteiger charge is 2.50. The summed E-state index contributed by atoms with van der Waals surface area (Å²) < 4.78 is 0. The third-order valence-corrected chi connectivity index (χ3v) is 3.67. The van der Waals surface area contributed by atoms with E-state index in [1.807, 2.05) is 0 Å². The molecule has 4 atom stereocenters. The lowest BCUT2D eigenvalue weighted by molar-refractivity contribution is -0.196. The van der Waals surface area contributed by atoms with E-state index in [1.54, 1.807) is 6.92 Å². The molecule has 4 nitrogen and oxygen atoms in total. The molecular weight excluding hydrogens is 182 g/mol. The molecule has 0 saturated carbocycles. The minimum atomic E-state index is -1.17. The van der Waals surface area contributed by atoms with E-state index in [0.29, 0.717) is 6.54 Å². The summed E-state index contributed by atoms with van der Waals surface area (Å²) in [5.74, 6) is 0. The van der Waals surface area contributed by atoms with Gasteiger partial charge >= 0.3 is 0 Å². The second-order valence-corrected chi connectivity index (χ2v) is 4.74. The lowest BCUT2D eigenvalue weighted by Crippen LogP contribution is -2.68. The van der Waals surface area contributed by atoms with Gasteiger partial charge in [0.25, 0.3) is 0 Å². The Morgan fingerprint density at radius 2 is 2.00 bits per heavy atom. The third kappa shape index (κ3) is 1.46. The Morgan fingerprint density at radius 3 is 2.71 bits per heavy atom. The summed E-state index contributed by atoms with van der Waals surface area (Å²) in [6.07, 6.45) is 1.30. The molecule has 4 unspecified atom stereocenters. The SMILES string of the molecule is CC1(O)C(O)C(O)CN2CCCCC21. The van der Waals surface area contributed by atoms with E-state index in [4.69, 9.17) is 0 Å². The minimum absolute atomic E-state index is 0.00894. The molecule has 2 heterocycles. The van der Waals surface area contributed by atoms with Gasteiger partial charge in [-0.1, -0.05) is 6.42 Å². The molecular formula is C10H19NO3. The number of hydrogen-bond acceptors (Lipinski definition) is 4. The molecule has 0 aliphatic carbocycles. The van der Waals surface area contributed by atoms with Crippen LogP contribution >= 0.6 is 0 Å². The Kier molecular flexibility index (Phi) is 2.55. The maximum atomic E-state index is 10.2. The van der Waals surface area contributed by atoms with Crippen LogP contribution in [0.2, 0.25) is 0 Å². The largest absolute Gasteiger partial charge is 0.389 e. The van der Waals surface area contributed by atoms with Crippen LogP contribution in [-0.4, -0.2) is 57.2 Å². The molecule has 0 bridgehead atoms. The zero-order chi connectivity index (χ0) is 10.3. The maximum Gasteiger partial charge on any atom is 0.111 e. The van der Waals surface area contributed by atoms with Crippen LogP contribution in [-0.2, 0) is 0 Å². The molecule has 2 saturated heterocycles. The molecule has 2 rings (SSSR count). The highest BCUT2D eigenvalue weighted by atomic mass is 16.4. The second kappa shape index (κ2) is 3.45. The molecule has 2 fully saturated rings. The van der Waals surface area contributed by atoms with Crippen LogP contribution in [0.25, 0.3) is 0 Å². The Balaban J connectivity index is 2.19. The van der Waals surface area contributed by atoms with Gasteiger partial charge in [0.2, 0.25) is 0 Å². The van der Waals surface area contributed by atoms with E-state index in [2.05, 4.69) is 4.90 Å². The summed E-state index contributed by atoms with van der Waals surface area (Å²) in [4.78, 5) is 2.10. The van der Waals surface area contributed by atoms with E-state index < -0.39 is 17.8 Å². The third-order valence-electron chi connectivity index (χ3n) is 3.67. The van der Waals surface area contributed by atoms with E-state index in [9.17, 15) is 15.3 Å². The van der Waals surface area contributed by atoms with Crippen molar-refractivity contribution in [3.05, 3.63) is 0 Å². The maximum absolute atomic E-state index is 10.2. The highest BCUT2D eigenvalue weighted by Crippen LogP contribution is 2.33. The lowest BCUT2D eigenvalue weighted by atomic mass is 9.78. The Morgan fingerprint density at radius 1 is 1.29 bits per heavy atom. The monoisotopic (exact) mass is 201 g/mol. The minimum Gasteiger partial charge on any atom is -0.389 e. The first kappa shape index (κ1) is 10.4. The van der Waals surface area contributed by atoms with Crippen molar-refractivity contribution in [2.45, 2.75) is 50.0 Å². The quantitative estimate of drug-likeness (QED) is 0.486. The van der Waals surface area contributed by atoms with Crippen LogP contribution < -0.4 is 0 Å². The van der Waals surface area contributed by atoms with E-state index in [0.717, 1.165) is 25.8 Å². The number of nitrogens with zero attached hydrogens (tertiary/aromatic N) is 1. The van der Waals surface area contributed by atoms with Crippen molar-refractivity contribution in [2.24, 2.45) is 0 Å². The molecule has 2 aliphatic heterocycles. The molecule has 0 aromatic heterocycles. The number of fused-ring (bicyclic) bond motifs is 1. The molecule has 3 N–H and O–H groups in total. The number of hydrogen-bond donors (Lipinski definition) is 3. The van der Waals surface area contributed by atoms with Gasteiger partial charge < -0.3 is 15.3 Å². The van der Waals surface area contributed by atoms with Crippen LogP contribution in [0.15, 0.2) is 0 Å².